The summed E-state index contributed by atoms with van der Waals surface area (Å²) in [6.45, 7) is 5.83. The maximum Gasteiger partial charge on any atom is 0.256 e. The van der Waals surface area contributed by atoms with Gasteiger partial charge in [0.25, 0.3) is 11.8 Å². The van der Waals surface area contributed by atoms with Gasteiger partial charge in [-0.3, -0.25) is 9.59 Å². The van der Waals surface area contributed by atoms with Crippen LogP contribution in [0.3, 0.4) is 0 Å². The molecule has 0 bridgehead atoms. The van der Waals surface area contributed by atoms with E-state index in [2.05, 4.69) is 17.1 Å². The van der Waals surface area contributed by atoms with E-state index < -0.39 is 0 Å². The summed E-state index contributed by atoms with van der Waals surface area (Å²) < 4.78 is 0. The molecule has 2 fully saturated rings. The maximum absolute atomic E-state index is 13.4. The first kappa shape index (κ1) is 21.5. The Morgan fingerprint density at radius 1 is 0.848 bits per heavy atom. The van der Waals surface area contributed by atoms with Crippen molar-refractivity contribution in [2.75, 3.05) is 36.4 Å². The summed E-state index contributed by atoms with van der Waals surface area (Å²) in [5, 5.41) is 5.00. The van der Waals surface area contributed by atoms with Crippen molar-refractivity contribution in [3.05, 3.63) is 71.8 Å². The van der Waals surface area contributed by atoms with Crippen LogP contribution < -0.4 is 10.2 Å². The number of hydrogen-bond donors (Lipinski definition) is 1. The predicted molar refractivity (Wildman–Crippen MR) is 134 cm³/mol. The Kier molecular flexibility index (Phi) is 6.03. The lowest BCUT2D eigenvalue weighted by Gasteiger charge is -2.34. The van der Waals surface area contributed by atoms with Gasteiger partial charge in [0.05, 0.1) is 5.56 Å². The Morgan fingerprint density at radius 3 is 2.36 bits per heavy atom. The van der Waals surface area contributed by atoms with Crippen LogP contribution in [0.4, 0.5) is 11.4 Å². The summed E-state index contributed by atoms with van der Waals surface area (Å²) in [7, 11) is 0. The van der Waals surface area contributed by atoms with E-state index in [0.717, 1.165) is 74.2 Å². The van der Waals surface area contributed by atoms with E-state index >= 15 is 0 Å². The molecule has 0 aromatic heterocycles. The number of carbonyl (C=O) groups is 2. The first-order valence-electron chi connectivity index (χ1n) is 12.1. The van der Waals surface area contributed by atoms with Crippen LogP contribution in [0.2, 0.25) is 0 Å². The summed E-state index contributed by atoms with van der Waals surface area (Å²) >= 11 is 0. The van der Waals surface area contributed by atoms with Gasteiger partial charge in [0.2, 0.25) is 0 Å². The molecule has 0 atom stereocenters. The number of benzene rings is 3. The van der Waals surface area contributed by atoms with Crippen LogP contribution in [-0.4, -0.2) is 42.9 Å². The molecule has 0 aliphatic carbocycles. The van der Waals surface area contributed by atoms with Crippen LogP contribution in [0, 0.1) is 5.92 Å². The first-order valence-corrected chi connectivity index (χ1v) is 12.1. The van der Waals surface area contributed by atoms with Gasteiger partial charge >= 0.3 is 0 Å². The lowest BCUT2D eigenvalue weighted by molar-refractivity contribution is 0.0793. The number of hydrogen-bond acceptors (Lipinski definition) is 3. The lowest BCUT2D eigenvalue weighted by Crippen LogP contribution is -2.35. The molecule has 2 amide bonds. The molecule has 2 aliphatic rings. The van der Waals surface area contributed by atoms with E-state index in [1.165, 1.54) is 0 Å². The van der Waals surface area contributed by atoms with Gasteiger partial charge in [-0.2, -0.15) is 0 Å². The second kappa shape index (κ2) is 9.26. The summed E-state index contributed by atoms with van der Waals surface area (Å²) in [5.41, 5.74) is 2.98. The van der Waals surface area contributed by atoms with Crippen molar-refractivity contribution in [1.82, 2.24) is 4.90 Å². The number of carbonyl (C=O) groups excluding carboxylic acids is 2. The van der Waals surface area contributed by atoms with E-state index in [1.807, 2.05) is 65.6 Å². The van der Waals surface area contributed by atoms with Crippen LogP contribution >= 0.6 is 0 Å². The molecule has 0 radical (unpaired) electrons. The van der Waals surface area contributed by atoms with Crippen molar-refractivity contribution < 1.29 is 9.59 Å². The van der Waals surface area contributed by atoms with Gasteiger partial charge in [-0.15, -0.1) is 0 Å². The van der Waals surface area contributed by atoms with Crippen LogP contribution in [0.1, 0.15) is 53.3 Å². The molecule has 1 N–H and O–H groups in total. The van der Waals surface area contributed by atoms with E-state index in [1.54, 1.807) is 0 Å². The fourth-order valence-corrected chi connectivity index (χ4v) is 5.02. The average Bonchev–Trinajstić information content (AvgIpc) is 3.39. The molecule has 0 saturated carbocycles. The molecule has 5 nitrogen and oxygen atoms in total. The van der Waals surface area contributed by atoms with Crippen molar-refractivity contribution in [2.24, 2.45) is 5.92 Å². The molecule has 2 aliphatic heterocycles. The fourth-order valence-electron chi connectivity index (χ4n) is 5.02. The molecule has 33 heavy (non-hydrogen) atoms. The number of piperidine rings is 1. The van der Waals surface area contributed by atoms with Gasteiger partial charge in [0.15, 0.2) is 0 Å². The largest absolute Gasteiger partial charge is 0.371 e. The highest BCUT2D eigenvalue weighted by atomic mass is 16.2. The van der Waals surface area contributed by atoms with Crippen LogP contribution in [0.15, 0.2) is 60.7 Å². The molecule has 3 aromatic carbocycles. The normalized spacial score (nSPS) is 16.9. The molecular formula is C28H31N3O2. The molecule has 0 spiro atoms. The van der Waals surface area contributed by atoms with Gasteiger partial charge in [-0.05, 0) is 66.6 Å². The molecular weight excluding hydrogens is 410 g/mol. The van der Waals surface area contributed by atoms with Gasteiger partial charge in [-0.1, -0.05) is 43.3 Å². The van der Waals surface area contributed by atoms with Crippen molar-refractivity contribution in [3.63, 3.8) is 0 Å². The van der Waals surface area contributed by atoms with Gasteiger partial charge in [0.1, 0.15) is 0 Å². The Hall–Kier alpha value is -3.34. The van der Waals surface area contributed by atoms with Crippen molar-refractivity contribution in [3.8, 4) is 0 Å². The monoisotopic (exact) mass is 441 g/mol. The van der Waals surface area contributed by atoms with Crippen molar-refractivity contribution in [2.45, 2.75) is 32.6 Å². The fraction of sp³-hybridized carbons (Fsp3) is 0.357. The van der Waals surface area contributed by atoms with Gasteiger partial charge in [-0.25, -0.2) is 0 Å². The number of anilines is 2. The molecule has 2 heterocycles. The Bertz CT molecular complexity index is 1170. The minimum absolute atomic E-state index is 0.0716. The molecule has 170 valence electrons. The number of amides is 2. The third kappa shape index (κ3) is 4.45. The Balaban J connectivity index is 1.45. The van der Waals surface area contributed by atoms with Crippen LogP contribution in [0.25, 0.3) is 10.8 Å². The smallest absolute Gasteiger partial charge is 0.256 e. The summed E-state index contributed by atoms with van der Waals surface area (Å²) in [4.78, 5) is 30.9. The molecule has 5 heteroatoms. The standard InChI is InChI=1S/C28H31N3O2/c1-20-13-17-30(18-14-20)26-12-11-22(19-25(26)28(33)31-15-4-5-16-31)29-27(32)24-10-6-8-21-7-2-3-9-23(21)24/h2-3,6-12,19-20H,4-5,13-18H2,1H3,(H,29,32). The number of fused-ring (bicyclic) bond motifs is 1. The zero-order valence-corrected chi connectivity index (χ0v) is 19.2. The molecule has 2 saturated heterocycles. The predicted octanol–water partition coefficient (Wildman–Crippen LogP) is 5.56. The third-order valence-electron chi connectivity index (χ3n) is 7.04. The van der Waals surface area contributed by atoms with Crippen molar-refractivity contribution >= 4 is 34.0 Å². The van der Waals surface area contributed by atoms with Crippen molar-refractivity contribution in [1.29, 1.82) is 0 Å². The Morgan fingerprint density at radius 2 is 1.58 bits per heavy atom. The second-order valence-electron chi connectivity index (χ2n) is 9.38. The highest BCUT2D eigenvalue weighted by Gasteiger charge is 2.26. The SMILES string of the molecule is CC1CCN(c2ccc(NC(=O)c3cccc4ccccc34)cc2C(=O)N2CCCC2)CC1. The quantitative estimate of drug-likeness (QED) is 0.576. The minimum atomic E-state index is -0.161. The maximum atomic E-state index is 13.4. The van der Waals surface area contributed by atoms with E-state index in [4.69, 9.17) is 0 Å². The summed E-state index contributed by atoms with van der Waals surface area (Å²) in [6.07, 6.45) is 4.38. The lowest BCUT2D eigenvalue weighted by atomic mass is 9.97. The average molecular weight is 442 g/mol. The Labute approximate surface area is 195 Å². The van der Waals surface area contributed by atoms with Crippen LogP contribution in [-0.2, 0) is 0 Å². The highest BCUT2D eigenvalue weighted by molar-refractivity contribution is 6.13. The third-order valence-corrected chi connectivity index (χ3v) is 7.04. The minimum Gasteiger partial charge on any atom is -0.371 e. The topological polar surface area (TPSA) is 52.7 Å². The highest BCUT2D eigenvalue weighted by Crippen LogP contribution is 2.31. The van der Waals surface area contributed by atoms with E-state index in [0.29, 0.717) is 16.8 Å². The zero-order chi connectivity index (χ0) is 22.8. The van der Waals surface area contributed by atoms with E-state index in [-0.39, 0.29) is 11.8 Å². The summed E-state index contributed by atoms with van der Waals surface area (Å²) in [5.74, 6) is 0.631. The van der Waals surface area contributed by atoms with Gasteiger partial charge in [0, 0.05) is 43.1 Å². The molecule has 5 rings (SSSR count). The second-order valence-corrected chi connectivity index (χ2v) is 9.38. The number of rotatable bonds is 4. The molecule has 0 unspecified atom stereocenters. The van der Waals surface area contributed by atoms with Crippen LogP contribution in [0.5, 0.6) is 0 Å². The number of likely N-dealkylation sites (tertiary alicyclic amines) is 1. The zero-order valence-electron chi connectivity index (χ0n) is 19.2. The first-order chi connectivity index (χ1) is 16.1. The van der Waals surface area contributed by atoms with Gasteiger partial charge < -0.3 is 15.1 Å². The van der Waals surface area contributed by atoms with E-state index in [9.17, 15) is 9.59 Å². The number of nitrogens with zero attached hydrogens (tertiary/aromatic N) is 2. The summed E-state index contributed by atoms with van der Waals surface area (Å²) in [6, 6.07) is 19.5. The molecule has 3 aromatic rings. The number of nitrogens with one attached hydrogen (secondary N) is 1.